The average molecular weight is 260 g/mol. The van der Waals surface area contributed by atoms with E-state index in [-0.39, 0.29) is 0 Å². The molecule has 106 valence electrons. The summed E-state index contributed by atoms with van der Waals surface area (Å²) in [6.45, 7) is 11.4. The van der Waals surface area contributed by atoms with Gasteiger partial charge in [0.25, 0.3) is 0 Å². The van der Waals surface area contributed by atoms with Crippen LogP contribution < -0.4 is 5.32 Å². The van der Waals surface area contributed by atoms with Crippen LogP contribution >= 0.6 is 0 Å². The summed E-state index contributed by atoms with van der Waals surface area (Å²) in [5.41, 5.74) is 2.88. The number of hydrogen-bond donors (Lipinski definition) is 1. The van der Waals surface area contributed by atoms with E-state index in [1.165, 1.54) is 30.6 Å². The van der Waals surface area contributed by atoms with Crippen LogP contribution in [0.15, 0.2) is 24.3 Å². The molecule has 1 unspecified atom stereocenters. The van der Waals surface area contributed by atoms with Crippen LogP contribution in [0.3, 0.4) is 0 Å². The predicted octanol–water partition coefficient (Wildman–Crippen LogP) is 3.07. The van der Waals surface area contributed by atoms with E-state index in [0.717, 1.165) is 25.4 Å². The Labute approximate surface area is 118 Å². The highest BCUT2D eigenvalue weighted by Gasteiger charge is 2.19. The molecule has 2 nitrogen and oxygen atoms in total. The van der Waals surface area contributed by atoms with Crippen molar-refractivity contribution in [2.45, 2.75) is 46.2 Å². The zero-order chi connectivity index (χ0) is 13.7. The van der Waals surface area contributed by atoms with Crippen molar-refractivity contribution < 1.29 is 0 Å². The minimum Gasteiger partial charge on any atom is -0.311 e. The second kappa shape index (κ2) is 7.06. The Morgan fingerprint density at radius 3 is 2.53 bits per heavy atom. The van der Waals surface area contributed by atoms with Gasteiger partial charge in [-0.3, -0.25) is 4.90 Å². The van der Waals surface area contributed by atoms with Crippen LogP contribution in [-0.4, -0.2) is 30.6 Å². The summed E-state index contributed by atoms with van der Waals surface area (Å²) in [6.07, 6.45) is 2.41. The van der Waals surface area contributed by atoms with E-state index < -0.39 is 0 Å². The number of benzene rings is 1. The standard InChI is InChI=1S/C17H28N2/c1-4-15-5-7-16(8-6-15)12-19-10-9-18-17(13-19)11-14(2)3/h5-8,14,17-18H,4,9-13H2,1-3H3. The van der Waals surface area contributed by atoms with Crippen LogP contribution in [0.5, 0.6) is 0 Å². The van der Waals surface area contributed by atoms with Crippen molar-refractivity contribution in [2.24, 2.45) is 5.92 Å². The van der Waals surface area contributed by atoms with Crippen molar-refractivity contribution in [3.63, 3.8) is 0 Å². The Bertz CT molecular complexity index is 369. The van der Waals surface area contributed by atoms with Crippen molar-refractivity contribution in [2.75, 3.05) is 19.6 Å². The first kappa shape index (κ1) is 14.5. The zero-order valence-corrected chi connectivity index (χ0v) is 12.7. The third kappa shape index (κ3) is 4.63. The summed E-state index contributed by atoms with van der Waals surface area (Å²) in [7, 11) is 0. The molecule has 1 heterocycles. The molecule has 19 heavy (non-hydrogen) atoms. The molecule has 1 aromatic carbocycles. The highest BCUT2D eigenvalue weighted by atomic mass is 15.2. The van der Waals surface area contributed by atoms with Crippen molar-refractivity contribution >= 4 is 0 Å². The number of rotatable bonds is 5. The fourth-order valence-electron chi connectivity index (χ4n) is 2.90. The highest BCUT2D eigenvalue weighted by Crippen LogP contribution is 2.13. The van der Waals surface area contributed by atoms with Crippen molar-refractivity contribution in [1.82, 2.24) is 10.2 Å². The van der Waals surface area contributed by atoms with Gasteiger partial charge in [-0.1, -0.05) is 45.0 Å². The summed E-state index contributed by atoms with van der Waals surface area (Å²) in [4.78, 5) is 2.59. The lowest BCUT2D eigenvalue weighted by Gasteiger charge is -2.34. The molecule has 0 aromatic heterocycles. The first-order chi connectivity index (χ1) is 9.17. The quantitative estimate of drug-likeness (QED) is 0.875. The van der Waals surface area contributed by atoms with Gasteiger partial charge in [-0.15, -0.1) is 0 Å². The fourth-order valence-corrected chi connectivity index (χ4v) is 2.90. The van der Waals surface area contributed by atoms with Gasteiger partial charge in [-0.2, -0.15) is 0 Å². The Balaban J connectivity index is 1.87. The summed E-state index contributed by atoms with van der Waals surface area (Å²) in [5.74, 6) is 0.779. The summed E-state index contributed by atoms with van der Waals surface area (Å²) >= 11 is 0. The largest absolute Gasteiger partial charge is 0.311 e. The van der Waals surface area contributed by atoms with Crippen molar-refractivity contribution in [1.29, 1.82) is 0 Å². The molecular weight excluding hydrogens is 232 g/mol. The van der Waals surface area contributed by atoms with E-state index in [1.807, 2.05) is 0 Å². The van der Waals surface area contributed by atoms with Crippen molar-refractivity contribution in [3.8, 4) is 0 Å². The topological polar surface area (TPSA) is 15.3 Å². The second-order valence-corrected chi connectivity index (χ2v) is 6.19. The van der Waals surface area contributed by atoms with Gasteiger partial charge in [0.15, 0.2) is 0 Å². The van der Waals surface area contributed by atoms with Gasteiger partial charge >= 0.3 is 0 Å². The molecule has 0 saturated carbocycles. The molecule has 0 amide bonds. The third-order valence-electron chi connectivity index (χ3n) is 3.93. The molecule has 1 atom stereocenters. The Hall–Kier alpha value is -0.860. The minimum absolute atomic E-state index is 0.670. The molecule has 1 fully saturated rings. The second-order valence-electron chi connectivity index (χ2n) is 6.19. The number of nitrogens with zero attached hydrogens (tertiary/aromatic N) is 1. The fraction of sp³-hybridized carbons (Fsp3) is 0.647. The highest BCUT2D eigenvalue weighted by molar-refractivity contribution is 5.22. The summed E-state index contributed by atoms with van der Waals surface area (Å²) in [5, 5.41) is 3.64. The molecule has 1 aromatic rings. The Morgan fingerprint density at radius 2 is 1.89 bits per heavy atom. The first-order valence-electron chi connectivity index (χ1n) is 7.71. The molecule has 2 rings (SSSR count). The maximum atomic E-state index is 3.64. The van der Waals surface area contributed by atoms with E-state index in [4.69, 9.17) is 0 Å². The normalized spacial score (nSPS) is 20.9. The van der Waals surface area contributed by atoms with Gasteiger partial charge in [-0.05, 0) is 29.9 Å². The van der Waals surface area contributed by atoms with Crippen LogP contribution in [0.2, 0.25) is 0 Å². The molecule has 1 N–H and O–H groups in total. The van der Waals surface area contributed by atoms with Gasteiger partial charge in [0.1, 0.15) is 0 Å². The van der Waals surface area contributed by atoms with Gasteiger partial charge in [-0.25, -0.2) is 0 Å². The monoisotopic (exact) mass is 260 g/mol. The van der Waals surface area contributed by atoms with E-state index in [0.29, 0.717) is 6.04 Å². The lowest BCUT2D eigenvalue weighted by atomic mass is 10.0. The van der Waals surface area contributed by atoms with Crippen LogP contribution in [0, 0.1) is 5.92 Å². The molecule has 0 spiro atoms. The zero-order valence-electron chi connectivity index (χ0n) is 12.7. The number of nitrogens with one attached hydrogen (secondary N) is 1. The van der Waals surface area contributed by atoms with Gasteiger partial charge in [0, 0.05) is 32.2 Å². The third-order valence-corrected chi connectivity index (χ3v) is 3.93. The SMILES string of the molecule is CCc1ccc(CN2CCNC(CC(C)C)C2)cc1. The molecule has 0 aliphatic carbocycles. The van der Waals surface area contributed by atoms with Crippen LogP contribution in [0.4, 0.5) is 0 Å². The average Bonchev–Trinajstić information content (AvgIpc) is 2.39. The number of aryl methyl sites for hydroxylation is 1. The van der Waals surface area contributed by atoms with Crippen LogP contribution in [0.25, 0.3) is 0 Å². The lowest BCUT2D eigenvalue weighted by molar-refractivity contribution is 0.179. The molecule has 1 aliphatic heterocycles. The smallest absolute Gasteiger partial charge is 0.0234 e. The molecule has 2 heteroatoms. The van der Waals surface area contributed by atoms with E-state index in [1.54, 1.807) is 0 Å². The van der Waals surface area contributed by atoms with Gasteiger partial charge in [0.05, 0.1) is 0 Å². The maximum absolute atomic E-state index is 3.64. The van der Waals surface area contributed by atoms with Crippen LogP contribution in [0.1, 0.15) is 38.3 Å². The summed E-state index contributed by atoms with van der Waals surface area (Å²) in [6, 6.07) is 9.78. The Kier molecular flexibility index (Phi) is 5.41. The molecule has 1 aliphatic rings. The predicted molar refractivity (Wildman–Crippen MR) is 82.3 cm³/mol. The van der Waals surface area contributed by atoms with E-state index in [2.05, 4.69) is 55.3 Å². The molecule has 0 bridgehead atoms. The first-order valence-corrected chi connectivity index (χ1v) is 7.71. The maximum Gasteiger partial charge on any atom is 0.0234 e. The summed E-state index contributed by atoms with van der Waals surface area (Å²) < 4.78 is 0. The van der Waals surface area contributed by atoms with E-state index >= 15 is 0 Å². The Morgan fingerprint density at radius 1 is 1.21 bits per heavy atom. The van der Waals surface area contributed by atoms with Gasteiger partial charge in [0.2, 0.25) is 0 Å². The van der Waals surface area contributed by atoms with E-state index in [9.17, 15) is 0 Å². The number of piperazine rings is 1. The lowest BCUT2D eigenvalue weighted by Crippen LogP contribution is -2.50. The minimum atomic E-state index is 0.670. The van der Waals surface area contributed by atoms with Crippen LogP contribution in [-0.2, 0) is 13.0 Å². The molecular formula is C17H28N2. The molecule has 0 radical (unpaired) electrons. The number of hydrogen-bond acceptors (Lipinski definition) is 2. The van der Waals surface area contributed by atoms with Gasteiger partial charge < -0.3 is 5.32 Å². The molecule has 1 saturated heterocycles. The van der Waals surface area contributed by atoms with Crippen molar-refractivity contribution in [3.05, 3.63) is 35.4 Å².